The number of piperidine rings is 1. The SMILES string of the molecule is Cc1c(Oc2ccc(-c3ncccc3C(=O)I)cc2F)ncnc1OC1CCN(C(=O)OC(C)C)CC1. The monoisotopic (exact) mass is 620 g/mol. The molecular weight excluding hydrogens is 594 g/mol. The third kappa shape index (κ3) is 6.51. The molecule has 4 rings (SSSR count). The molecule has 1 aliphatic rings. The van der Waals surface area contributed by atoms with Gasteiger partial charge in [-0.2, -0.15) is 0 Å². The van der Waals surface area contributed by atoms with Gasteiger partial charge in [0.15, 0.2) is 11.6 Å². The highest BCUT2D eigenvalue weighted by Crippen LogP contribution is 2.33. The molecule has 1 aromatic carbocycles. The Hall–Kier alpha value is -3.35. The molecule has 3 heterocycles. The summed E-state index contributed by atoms with van der Waals surface area (Å²) in [6, 6.07) is 7.68. The van der Waals surface area contributed by atoms with Gasteiger partial charge in [-0.15, -0.1) is 0 Å². The Bertz CT molecular complexity index is 1300. The van der Waals surface area contributed by atoms with Gasteiger partial charge in [0.1, 0.15) is 12.4 Å². The number of pyridine rings is 1. The smallest absolute Gasteiger partial charge is 0.410 e. The first-order valence-corrected chi connectivity index (χ1v) is 12.9. The van der Waals surface area contributed by atoms with Crippen molar-refractivity contribution in [2.75, 3.05) is 13.1 Å². The number of likely N-dealkylation sites (tertiary alicyclic amines) is 1. The predicted molar refractivity (Wildman–Crippen MR) is 142 cm³/mol. The second kappa shape index (κ2) is 11.8. The Labute approximate surface area is 227 Å². The third-order valence-electron chi connectivity index (χ3n) is 5.74. The topological polar surface area (TPSA) is 104 Å². The van der Waals surface area contributed by atoms with Crippen molar-refractivity contribution in [3.8, 4) is 28.8 Å². The number of ether oxygens (including phenoxy) is 3. The van der Waals surface area contributed by atoms with E-state index in [1.165, 1.54) is 18.5 Å². The maximum atomic E-state index is 15.0. The molecule has 0 atom stereocenters. The zero-order chi connectivity index (χ0) is 26.5. The van der Waals surface area contributed by atoms with E-state index < -0.39 is 5.82 Å². The van der Waals surface area contributed by atoms with E-state index in [0.29, 0.717) is 54.2 Å². The molecule has 0 saturated carbocycles. The minimum absolute atomic E-state index is 0.0354. The van der Waals surface area contributed by atoms with Crippen LogP contribution in [0.25, 0.3) is 11.3 Å². The van der Waals surface area contributed by atoms with Crippen molar-refractivity contribution < 1.29 is 28.2 Å². The van der Waals surface area contributed by atoms with E-state index in [0.717, 1.165) is 0 Å². The summed E-state index contributed by atoms with van der Waals surface area (Å²) in [5, 5.41) is 0. The van der Waals surface area contributed by atoms with Crippen LogP contribution in [0.2, 0.25) is 0 Å². The number of hydrogen-bond acceptors (Lipinski definition) is 8. The average Bonchev–Trinajstić information content (AvgIpc) is 2.87. The van der Waals surface area contributed by atoms with Gasteiger partial charge in [0.25, 0.3) is 0 Å². The van der Waals surface area contributed by atoms with E-state index in [4.69, 9.17) is 14.2 Å². The molecule has 11 heteroatoms. The summed E-state index contributed by atoms with van der Waals surface area (Å²) in [7, 11) is 0. The summed E-state index contributed by atoms with van der Waals surface area (Å²) in [5.74, 6) is -0.164. The molecule has 1 fully saturated rings. The molecule has 1 saturated heterocycles. The summed E-state index contributed by atoms with van der Waals surface area (Å²) in [6.07, 6.45) is 3.46. The van der Waals surface area contributed by atoms with Crippen LogP contribution in [0.3, 0.4) is 0 Å². The Morgan fingerprint density at radius 3 is 2.51 bits per heavy atom. The number of carbonyl (C=O) groups is 2. The first kappa shape index (κ1) is 26.7. The molecule has 1 aliphatic heterocycles. The van der Waals surface area contributed by atoms with Crippen LogP contribution in [0.15, 0.2) is 42.9 Å². The molecule has 9 nitrogen and oxygen atoms in total. The Balaban J connectivity index is 1.44. The van der Waals surface area contributed by atoms with Crippen LogP contribution in [0, 0.1) is 12.7 Å². The highest BCUT2D eigenvalue weighted by molar-refractivity contribution is 14.1. The minimum atomic E-state index is -0.629. The van der Waals surface area contributed by atoms with Gasteiger partial charge in [-0.25, -0.2) is 19.2 Å². The number of amides is 1. The lowest BCUT2D eigenvalue weighted by Gasteiger charge is -2.31. The summed E-state index contributed by atoms with van der Waals surface area (Å²) in [4.78, 5) is 38.3. The largest absolute Gasteiger partial charge is 0.474 e. The number of aromatic nitrogens is 3. The lowest BCUT2D eigenvalue weighted by molar-refractivity contribution is 0.0504. The fourth-order valence-corrected chi connectivity index (χ4v) is 4.30. The molecule has 0 spiro atoms. The first-order chi connectivity index (χ1) is 17.7. The Morgan fingerprint density at radius 1 is 1.11 bits per heavy atom. The van der Waals surface area contributed by atoms with E-state index in [1.54, 1.807) is 58.8 Å². The van der Waals surface area contributed by atoms with Crippen molar-refractivity contribution in [1.29, 1.82) is 0 Å². The van der Waals surface area contributed by atoms with Crippen LogP contribution in [0.1, 0.15) is 42.6 Å². The predicted octanol–water partition coefficient (Wildman–Crippen LogP) is 5.74. The van der Waals surface area contributed by atoms with Crippen molar-refractivity contribution in [3.63, 3.8) is 0 Å². The highest BCUT2D eigenvalue weighted by atomic mass is 127. The zero-order valence-electron chi connectivity index (χ0n) is 20.6. The molecule has 194 valence electrons. The second-order valence-corrected chi connectivity index (χ2v) is 9.75. The maximum absolute atomic E-state index is 15.0. The Morgan fingerprint density at radius 2 is 1.84 bits per heavy atom. The summed E-state index contributed by atoms with van der Waals surface area (Å²) in [6.45, 7) is 6.40. The van der Waals surface area contributed by atoms with Crippen molar-refractivity contribution in [1.82, 2.24) is 19.9 Å². The van der Waals surface area contributed by atoms with Crippen LogP contribution in [0.4, 0.5) is 9.18 Å². The van der Waals surface area contributed by atoms with Gasteiger partial charge in [0.2, 0.25) is 15.5 Å². The van der Waals surface area contributed by atoms with Crippen molar-refractivity contribution in [2.45, 2.75) is 45.8 Å². The maximum Gasteiger partial charge on any atom is 0.410 e. The van der Waals surface area contributed by atoms with Gasteiger partial charge in [-0.3, -0.25) is 9.78 Å². The summed E-state index contributed by atoms with van der Waals surface area (Å²) < 4.78 is 31.9. The standard InChI is InChI=1S/C26H26FIN4O5/c1-15(2)35-26(34)32-11-8-18(9-12-32)36-24-16(3)25(31-14-30-24)37-21-7-6-17(13-20(21)27)22-19(23(28)33)5-4-10-29-22/h4-7,10,13-15,18H,8-9,11-12H2,1-3H3. The van der Waals surface area contributed by atoms with Crippen LogP contribution < -0.4 is 9.47 Å². The number of carbonyl (C=O) groups excluding carboxylic acids is 2. The molecule has 0 radical (unpaired) electrons. The van der Waals surface area contributed by atoms with E-state index in [2.05, 4.69) is 15.0 Å². The van der Waals surface area contributed by atoms with E-state index in [1.807, 2.05) is 13.8 Å². The number of rotatable bonds is 7. The molecule has 37 heavy (non-hydrogen) atoms. The van der Waals surface area contributed by atoms with Crippen molar-refractivity contribution in [3.05, 3.63) is 59.8 Å². The number of halogens is 2. The number of hydrogen-bond donors (Lipinski definition) is 0. The Kier molecular flexibility index (Phi) is 8.52. The lowest BCUT2D eigenvalue weighted by atomic mass is 10.1. The second-order valence-electron chi connectivity index (χ2n) is 8.77. The first-order valence-electron chi connectivity index (χ1n) is 11.8. The van der Waals surface area contributed by atoms with E-state index in [-0.39, 0.29) is 33.7 Å². The minimum Gasteiger partial charge on any atom is -0.474 e. The summed E-state index contributed by atoms with van der Waals surface area (Å²) >= 11 is 1.68. The molecular formula is C26H26FIN4O5. The normalized spacial score (nSPS) is 13.9. The molecule has 3 aromatic rings. The van der Waals surface area contributed by atoms with Crippen LogP contribution in [-0.4, -0.2) is 55.0 Å². The van der Waals surface area contributed by atoms with E-state index >= 15 is 0 Å². The molecule has 1 amide bonds. The summed E-state index contributed by atoms with van der Waals surface area (Å²) in [5.41, 5.74) is 1.77. The van der Waals surface area contributed by atoms with Gasteiger partial charge in [0, 0.05) is 60.3 Å². The van der Waals surface area contributed by atoms with Gasteiger partial charge in [0.05, 0.1) is 22.9 Å². The molecule has 0 N–H and O–H groups in total. The van der Waals surface area contributed by atoms with Gasteiger partial charge in [-0.1, -0.05) is 0 Å². The van der Waals surface area contributed by atoms with E-state index in [9.17, 15) is 14.0 Å². The van der Waals surface area contributed by atoms with Gasteiger partial charge < -0.3 is 19.1 Å². The zero-order valence-corrected chi connectivity index (χ0v) is 22.8. The van der Waals surface area contributed by atoms with Crippen LogP contribution in [0.5, 0.6) is 17.5 Å². The quantitative estimate of drug-likeness (QED) is 0.243. The molecule has 0 aliphatic carbocycles. The van der Waals surface area contributed by atoms with Crippen molar-refractivity contribution in [2.24, 2.45) is 0 Å². The van der Waals surface area contributed by atoms with Crippen molar-refractivity contribution >= 4 is 32.5 Å². The number of nitrogens with zero attached hydrogens (tertiary/aromatic N) is 4. The molecule has 0 bridgehead atoms. The average molecular weight is 620 g/mol. The number of benzene rings is 1. The third-order valence-corrected chi connectivity index (χ3v) is 6.32. The fourth-order valence-electron chi connectivity index (χ4n) is 3.86. The lowest BCUT2D eigenvalue weighted by Crippen LogP contribution is -2.42. The fraction of sp³-hybridized carbons (Fsp3) is 0.346. The van der Waals surface area contributed by atoms with Gasteiger partial charge in [-0.05, 0) is 51.1 Å². The molecule has 0 unspecified atom stereocenters. The molecule has 2 aromatic heterocycles. The van der Waals surface area contributed by atoms with Gasteiger partial charge >= 0.3 is 6.09 Å². The highest BCUT2D eigenvalue weighted by Gasteiger charge is 2.26. The van der Waals surface area contributed by atoms with Crippen LogP contribution >= 0.6 is 22.6 Å². The van der Waals surface area contributed by atoms with Crippen LogP contribution in [-0.2, 0) is 4.74 Å².